The summed E-state index contributed by atoms with van der Waals surface area (Å²) in [4.78, 5) is 17.2. The highest BCUT2D eigenvalue weighted by Gasteiger charge is 2.17. The van der Waals surface area contributed by atoms with Crippen molar-refractivity contribution in [3.05, 3.63) is 77.3 Å². The van der Waals surface area contributed by atoms with Gasteiger partial charge in [0.15, 0.2) is 0 Å². The van der Waals surface area contributed by atoms with Crippen molar-refractivity contribution < 1.29 is 4.79 Å². The van der Waals surface area contributed by atoms with Gasteiger partial charge in [-0.15, -0.1) is 0 Å². The van der Waals surface area contributed by atoms with Crippen LogP contribution in [-0.4, -0.2) is 50.1 Å². The number of nitrogens with one attached hydrogen (secondary N) is 1. The first-order valence-corrected chi connectivity index (χ1v) is 10.1. The lowest BCUT2D eigenvalue weighted by Gasteiger charge is -2.36. The number of piperazine rings is 1. The monoisotopic (exact) mass is 393 g/mol. The average Bonchev–Trinajstić information content (AvgIpc) is 2.74. The lowest BCUT2D eigenvalue weighted by Crippen LogP contribution is -2.48. The molecule has 0 bridgehead atoms. The minimum Gasteiger partial charge on any atom is -0.369 e. The number of hydrogen-bond donors (Lipinski definition) is 1. The molecule has 0 aromatic heterocycles. The molecule has 1 heterocycles. The zero-order chi connectivity index (χ0) is 19.3. The highest BCUT2D eigenvalue weighted by atomic mass is 35.5. The number of benzene rings is 3. The quantitative estimate of drug-likeness (QED) is 0.710. The van der Waals surface area contributed by atoms with Crippen molar-refractivity contribution in [1.82, 2.24) is 10.2 Å². The molecule has 0 spiro atoms. The van der Waals surface area contributed by atoms with Crippen LogP contribution in [0.3, 0.4) is 0 Å². The largest absolute Gasteiger partial charge is 0.369 e. The second-order valence-corrected chi connectivity index (χ2v) is 7.56. The molecule has 1 fully saturated rings. The predicted molar refractivity (Wildman–Crippen MR) is 116 cm³/mol. The molecule has 0 aliphatic carbocycles. The molecule has 3 aromatic carbocycles. The smallest absolute Gasteiger partial charge is 0.251 e. The van der Waals surface area contributed by atoms with Gasteiger partial charge in [0.1, 0.15) is 0 Å². The first-order valence-electron chi connectivity index (χ1n) is 9.69. The molecular weight excluding hydrogens is 370 g/mol. The Balaban J connectivity index is 1.24. The molecule has 4 nitrogen and oxygen atoms in total. The zero-order valence-corrected chi connectivity index (χ0v) is 16.5. The Morgan fingerprint density at radius 2 is 1.61 bits per heavy atom. The third-order valence-electron chi connectivity index (χ3n) is 5.29. The molecule has 1 aliphatic rings. The lowest BCUT2D eigenvalue weighted by atomic mass is 10.1. The lowest BCUT2D eigenvalue weighted by molar-refractivity contribution is 0.0948. The summed E-state index contributed by atoms with van der Waals surface area (Å²) >= 11 is 5.97. The van der Waals surface area contributed by atoms with Crippen molar-refractivity contribution in [3.63, 3.8) is 0 Å². The van der Waals surface area contributed by atoms with E-state index in [1.165, 1.54) is 5.69 Å². The fourth-order valence-electron chi connectivity index (χ4n) is 3.64. The van der Waals surface area contributed by atoms with Gasteiger partial charge in [-0.05, 0) is 47.2 Å². The Kier molecular flexibility index (Phi) is 5.79. The number of carbonyl (C=O) groups excluding carboxylic acids is 1. The summed E-state index contributed by atoms with van der Waals surface area (Å²) in [5.74, 6) is -0.00875. The maximum absolute atomic E-state index is 12.4. The van der Waals surface area contributed by atoms with Gasteiger partial charge in [-0.3, -0.25) is 9.69 Å². The van der Waals surface area contributed by atoms with Gasteiger partial charge >= 0.3 is 0 Å². The van der Waals surface area contributed by atoms with Crippen molar-refractivity contribution in [1.29, 1.82) is 0 Å². The molecule has 0 radical (unpaired) electrons. The van der Waals surface area contributed by atoms with Crippen molar-refractivity contribution in [2.45, 2.75) is 0 Å². The van der Waals surface area contributed by atoms with E-state index in [1.54, 1.807) is 0 Å². The van der Waals surface area contributed by atoms with Gasteiger partial charge in [0.2, 0.25) is 0 Å². The SMILES string of the molecule is O=C(NCCN1CCN(c2ccc(Cl)cc2)CC1)c1ccc2ccccc2c1. The Morgan fingerprint density at radius 3 is 2.36 bits per heavy atom. The van der Waals surface area contributed by atoms with E-state index in [1.807, 2.05) is 48.5 Å². The standard InChI is InChI=1S/C23H24ClN3O/c24-21-7-9-22(10-8-21)27-15-13-26(14-16-27)12-11-25-23(28)20-6-5-18-3-1-2-4-19(18)17-20/h1-10,17H,11-16H2,(H,25,28). The van der Waals surface area contributed by atoms with Crippen LogP contribution in [-0.2, 0) is 0 Å². The molecule has 0 atom stereocenters. The van der Waals surface area contributed by atoms with Crippen molar-refractivity contribution >= 4 is 34.0 Å². The van der Waals surface area contributed by atoms with E-state index >= 15 is 0 Å². The van der Waals surface area contributed by atoms with Crippen LogP contribution in [0.1, 0.15) is 10.4 Å². The third-order valence-corrected chi connectivity index (χ3v) is 5.54. The fourth-order valence-corrected chi connectivity index (χ4v) is 3.77. The van der Waals surface area contributed by atoms with Gasteiger partial charge in [-0.25, -0.2) is 0 Å². The van der Waals surface area contributed by atoms with Gasteiger partial charge in [-0.1, -0.05) is 41.9 Å². The second kappa shape index (κ2) is 8.63. The highest BCUT2D eigenvalue weighted by molar-refractivity contribution is 6.30. The molecule has 3 aromatic rings. The number of hydrogen-bond acceptors (Lipinski definition) is 3. The summed E-state index contributed by atoms with van der Waals surface area (Å²) in [6.07, 6.45) is 0. The Bertz CT molecular complexity index is 949. The van der Waals surface area contributed by atoms with Gasteiger partial charge < -0.3 is 10.2 Å². The Labute approximate surface area is 170 Å². The first-order chi connectivity index (χ1) is 13.7. The van der Waals surface area contributed by atoms with E-state index < -0.39 is 0 Å². The van der Waals surface area contributed by atoms with E-state index in [4.69, 9.17) is 11.6 Å². The van der Waals surface area contributed by atoms with Crippen molar-refractivity contribution in [2.75, 3.05) is 44.2 Å². The van der Waals surface area contributed by atoms with Crippen LogP contribution in [0.15, 0.2) is 66.7 Å². The Hall–Kier alpha value is -2.56. The summed E-state index contributed by atoms with van der Waals surface area (Å²) in [6, 6.07) is 22.0. The normalized spacial score (nSPS) is 15.0. The van der Waals surface area contributed by atoms with E-state index in [9.17, 15) is 4.79 Å². The van der Waals surface area contributed by atoms with Gasteiger partial charge in [0.25, 0.3) is 5.91 Å². The number of amides is 1. The number of anilines is 1. The number of carbonyl (C=O) groups is 1. The number of fused-ring (bicyclic) bond motifs is 1. The molecule has 1 saturated heterocycles. The third kappa shape index (κ3) is 4.46. The van der Waals surface area contributed by atoms with E-state index in [0.717, 1.165) is 48.5 Å². The maximum Gasteiger partial charge on any atom is 0.251 e. The number of halogens is 1. The van der Waals surface area contributed by atoms with Crippen molar-refractivity contribution in [3.8, 4) is 0 Å². The van der Waals surface area contributed by atoms with Crippen molar-refractivity contribution in [2.24, 2.45) is 0 Å². The van der Waals surface area contributed by atoms with Gasteiger partial charge in [0.05, 0.1) is 0 Å². The molecule has 1 amide bonds. The molecule has 144 valence electrons. The molecule has 5 heteroatoms. The molecular formula is C23H24ClN3O. The van der Waals surface area contributed by atoms with E-state index in [0.29, 0.717) is 12.1 Å². The topological polar surface area (TPSA) is 35.6 Å². The molecule has 0 unspecified atom stereocenters. The maximum atomic E-state index is 12.4. The summed E-state index contributed by atoms with van der Waals surface area (Å²) in [5.41, 5.74) is 1.93. The first kappa shape index (κ1) is 18.8. The van der Waals surface area contributed by atoms with Crippen LogP contribution < -0.4 is 10.2 Å². The van der Waals surface area contributed by atoms with Gasteiger partial charge in [0, 0.05) is 55.5 Å². The second-order valence-electron chi connectivity index (χ2n) is 7.12. The number of nitrogens with zero attached hydrogens (tertiary/aromatic N) is 2. The van der Waals surface area contributed by atoms with Crippen LogP contribution in [0.25, 0.3) is 10.8 Å². The zero-order valence-electron chi connectivity index (χ0n) is 15.8. The van der Waals surface area contributed by atoms with Crippen LogP contribution in [0.5, 0.6) is 0 Å². The Morgan fingerprint density at radius 1 is 0.893 bits per heavy atom. The molecule has 0 saturated carbocycles. The molecule has 1 aliphatic heterocycles. The predicted octanol–water partition coefficient (Wildman–Crippen LogP) is 4.05. The van der Waals surface area contributed by atoms with Crippen LogP contribution >= 0.6 is 11.6 Å². The summed E-state index contributed by atoms with van der Waals surface area (Å²) in [5, 5.41) is 6.06. The average molecular weight is 394 g/mol. The fraction of sp³-hybridized carbons (Fsp3) is 0.261. The number of rotatable bonds is 5. The van der Waals surface area contributed by atoms with Crippen LogP contribution in [0, 0.1) is 0 Å². The minimum absolute atomic E-state index is 0.00875. The van der Waals surface area contributed by atoms with E-state index in [2.05, 4.69) is 33.3 Å². The van der Waals surface area contributed by atoms with Crippen LogP contribution in [0.2, 0.25) is 5.02 Å². The van der Waals surface area contributed by atoms with Crippen LogP contribution in [0.4, 0.5) is 5.69 Å². The highest BCUT2D eigenvalue weighted by Crippen LogP contribution is 2.19. The molecule has 4 rings (SSSR count). The molecule has 1 N–H and O–H groups in total. The van der Waals surface area contributed by atoms with Gasteiger partial charge in [-0.2, -0.15) is 0 Å². The molecule has 28 heavy (non-hydrogen) atoms. The summed E-state index contributed by atoms with van der Waals surface area (Å²) < 4.78 is 0. The summed E-state index contributed by atoms with van der Waals surface area (Å²) in [7, 11) is 0. The minimum atomic E-state index is -0.00875. The van der Waals surface area contributed by atoms with E-state index in [-0.39, 0.29) is 5.91 Å². The summed E-state index contributed by atoms with van der Waals surface area (Å²) in [6.45, 7) is 5.49.